The van der Waals surface area contributed by atoms with Gasteiger partial charge in [0.2, 0.25) is 0 Å². The average molecular weight is 209 g/mol. The summed E-state index contributed by atoms with van der Waals surface area (Å²) in [6, 6.07) is 0. The van der Waals surface area contributed by atoms with Gasteiger partial charge in [-0.1, -0.05) is 0 Å². The first-order chi connectivity index (χ1) is 1.73. The Morgan fingerprint density at radius 1 is 1.33 bits per heavy atom. The molecule has 0 rings (SSSR count). The minimum Gasteiger partial charge on any atom is -0.356 e. The zero-order chi connectivity index (χ0) is 3.58. The van der Waals surface area contributed by atoms with Gasteiger partial charge in [0.05, 0.1) is 5.09 Å². The van der Waals surface area contributed by atoms with Crippen LogP contribution in [0.25, 0.3) is 0 Å². The smallest absolute Gasteiger partial charge is 0.356 e. The Kier molecular flexibility index (Phi) is 25.5. The van der Waals surface area contributed by atoms with Crippen molar-refractivity contribution in [3.05, 3.63) is 15.3 Å². The van der Waals surface area contributed by atoms with E-state index in [-0.39, 0.29) is 73.8 Å². The van der Waals surface area contributed by atoms with Crippen LogP contribution in [0, 0.1) is 15.3 Å². The zero-order valence-corrected chi connectivity index (χ0v) is 7.58. The summed E-state index contributed by atoms with van der Waals surface area (Å²) in [5, 5.41) is 14.8. The number of nitrogens with zero attached hydrogens (tertiary/aromatic N) is 1. The molecule has 0 aromatic rings. The molecule has 6 heteroatoms. The second-order valence-electron chi connectivity index (χ2n) is 0.224. The first-order valence-corrected chi connectivity index (χ1v) is 0.548. The van der Waals surface area contributed by atoms with Crippen molar-refractivity contribution in [1.29, 1.82) is 0 Å². The molecule has 0 atom stereocenters. The predicted molar refractivity (Wildman–Crippen MR) is 10.4 cm³/mol. The third kappa shape index (κ3) is 47.0. The molecule has 0 fully saturated rings. The van der Waals surface area contributed by atoms with Gasteiger partial charge in [-0.3, -0.25) is 0 Å². The molecule has 6 heavy (non-hydrogen) atoms. The third-order valence-electron chi connectivity index (χ3n) is 0. The standard InChI is InChI=1S/Ag.K.NO3/c;;2-1(3)4/q;+1;-1. The summed E-state index contributed by atoms with van der Waals surface area (Å²) in [5.74, 6) is 0. The van der Waals surface area contributed by atoms with E-state index in [1.54, 1.807) is 0 Å². The molecule has 4 nitrogen and oxygen atoms in total. The SMILES string of the molecule is O=[N+]([O-])[O-].[Ag].[K+]. The molecule has 0 bridgehead atoms. The molecule has 0 aromatic carbocycles. The quantitative estimate of drug-likeness (QED) is 0.239. The van der Waals surface area contributed by atoms with Crippen molar-refractivity contribution in [2.24, 2.45) is 0 Å². The number of rotatable bonds is 0. The van der Waals surface area contributed by atoms with Gasteiger partial charge < -0.3 is 15.3 Å². The molecule has 0 heterocycles. The van der Waals surface area contributed by atoms with Crippen molar-refractivity contribution in [3.63, 3.8) is 0 Å². The van der Waals surface area contributed by atoms with Gasteiger partial charge in [-0.2, -0.15) is 0 Å². The van der Waals surface area contributed by atoms with Gasteiger partial charge in [-0.15, -0.1) is 0 Å². The van der Waals surface area contributed by atoms with Crippen LogP contribution in [0.4, 0.5) is 0 Å². The Balaban J connectivity index is -0.0000000450. The Morgan fingerprint density at radius 2 is 1.33 bits per heavy atom. The summed E-state index contributed by atoms with van der Waals surface area (Å²) in [6.45, 7) is 0. The van der Waals surface area contributed by atoms with Gasteiger partial charge in [0.25, 0.3) is 0 Å². The van der Waals surface area contributed by atoms with Crippen molar-refractivity contribution in [3.8, 4) is 0 Å². The first kappa shape index (κ1) is 15.6. The van der Waals surface area contributed by atoms with Crippen LogP contribution in [0.2, 0.25) is 0 Å². The van der Waals surface area contributed by atoms with E-state index in [0.717, 1.165) is 0 Å². The molecule has 1 radical (unpaired) electrons. The van der Waals surface area contributed by atoms with Crippen molar-refractivity contribution in [2.45, 2.75) is 0 Å². The Hall–Kier alpha value is 1.58. The van der Waals surface area contributed by atoms with Gasteiger partial charge in [0, 0.05) is 22.4 Å². The van der Waals surface area contributed by atoms with E-state index in [1.165, 1.54) is 0 Å². The molecule has 0 unspecified atom stereocenters. The first-order valence-electron chi connectivity index (χ1n) is 0.548. The largest absolute Gasteiger partial charge is 1.00 e. The fraction of sp³-hybridized carbons (Fsp3) is 0. The van der Waals surface area contributed by atoms with Crippen LogP contribution in [0.15, 0.2) is 0 Å². The third-order valence-corrected chi connectivity index (χ3v) is 0. The summed E-state index contributed by atoms with van der Waals surface area (Å²) in [4.78, 5) is 8.25. The average Bonchev–Trinajstić information content (AvgIpc) is 0.811. The topological polar surface area (TPSA) is 66.2 Å². The van der Waals surface area contributed by atoms with E-state index in [1.807, 2.05) is 0 Å². The van der Waals surface area contributed by atoms with Gasteiger partial charge in [0.1, 0.15) is 0 Å². The van der Waals surface area contributed by atoms with Gasteiger partial charge >= 0.3 is 51.4 Å². The van der Waals surface area contributed by atoms with Crippen LogP contribution >= 0.6 is 0 Å². The number of hydrogen-bond donors (Lipinski definition) is 0. The van der Waals surface area contributed by atoms with Crippen LogP contribution < -0.4 is 51.4 Å². The van der Waals surface area contributed by atoms with Crippen molar-refractivity contribution < 1.29 is 78.9 Å². The molecular formula is AgKNO3. The zero-order valence-electron chi connectivity index (χ0n) is 2.97. The maximum Gasteiger partial charge on any atom is 1.00 e. The molecule has 0 aliphatic rings. The molecule has 0 aliphatic carbocycles. The molecular weight excluding hydrogens is 209 g/mol. The van der Waals surface area contributed by atoms with Crippen molar-refractivity contribution in [1.82, 2.24) is 0 Å². The van der Waals surface area contributed by atoms with E-state index >= 15 is 0 Å². The Morgan fingerprint density at radius 3 is 1.33 bits per heavy atom. The van der Waals surface area contributed by atoms with E-state index in [0.29, 0.717) is 0 Å². The van der Waals surface area contributed by atoms with Crippen LogP contribution in [0.1, 0.15) is 0 Å². The van der Waals surface area contributed by atoms with Crippen molar-refractivity contribution >= 4 is 0 Å². The molecule has 0 aliphatic heterocycles. The summed E-state index contributed by atoms with van der Waals surface area (Å²) in [6.07, 6.45) is 0. The minimum absolute atomic E-state index is 0. The summed E-state index contributed by atoms with van der Waals surface area (Å²) in [5.41, 5.74) is 0. The molecule has 0 spiro atoms. The fourth-order valence-corrected chi connectivity index (χ4v) is 0. The molecule has 35 valence electrons. The summed E-state index contributed by atoms with van der Waals surface area (Å²) >= 11 is 0. The van der Waals surface area contributed by atoms with E-state index < -0.39 is 5.09 Å². The number of hydrogen-bond acceptors (Lipinski definition) is 3. The molecule has 0 aromatic heterocycles. The van der Waals surface area contributed by atoms with Gasteiger partial charge in [0.15, 0.2) is 0 Å². The second-order valence-corrected chi connectivity index (χ2v) is 0.224. The normalized spacial score (nSPS) is 4.00. The molecule has 0 saturated carbocycles. The van der Waals surface area contributed by atoms with Crippen LogP contribution in [0.3, 0.4) is 0 Å². The molecule has 0 N–H and O–H groups in total. The summed E-state index contributed by atoms with van der Waals surface area (Å²) < 4.78 is 0. The van der Waals surface area contributed by atoms with Crippen LogP contribution in [0.5, 0.6) is 0 Å². The Bertz CT molecular complexity index is 33.8. The second kappa shape index (κ2) is 9.76. The molecule has 0 amide bonds. The van der Waals surface area contributed by atoms with Gasteiger partial charge in [-0.05, 0) is 0 Å². The van der Waals surface area contributed by atoms with Crippen LogP contribution in [-0.4, -0.2) is 5.09 Å². The van der Waals surface area contributed by atoms with Crippen LogP contribution in [-0.2, 0) is 22.4 Å². The maximum atomic E-state index is 8.25. The fourth-order valence-electron chi connectivity index (χ4n) is 0. The van der Waals surface area contributed by atoms with E-state index in [9.17, 15) is 0 Å². The predicted octanol–water partition coefficient (Wildman–Crippen LogP) is -3.24. The summed E-state index contributed by atoms with van der Waals surface area (Å²) in [7, 11) is 0. The van der Waals surface area contributed by atoms with Gasteiger partial charge in [-0.25, -0.2) is 0 Å². The van der Waals surface area contributed by atoms with E-state index in [4.69, 9.17) is 15.3 Å². The van der Waals surface area contributed by atoms with Crippen molar-refractivity contribution in [2.75, 3.05) is 0 Å². The monoisotopic (exact) mass is 208 g/mol. The molecule has 0 saturated heterocycles. The minimum atomic E-state index is -1.75. The Labute approximate surface area is 92.3 Å². The maximum absolute atomic E-state index is 8.25. The van der Waals surface area contributed by atoms with E-state index in [2.05, 4.69) is 0 Å².